The molecule has 8 nitrogen and oxygen atoms in total. The molecule has 0 spiro atoms. The maximum atomic E-state index is 12.3. The maximum absolute atomic E-state index is 12.3. The molecule has 0 saturated heterocycles. The number of hydrogen-bond donors (Lipinski definition) is 4. The summed E-state index contributed by atoms with van der Waals surface area (Å²) in [6.45, 7) is 0. The Morgan fingerprint density at radius 2 is 1.72 bits per heavy atom. The maximum Gasteiger partial charge on any atom is 0.273 e. The van der Waals surface area contributed by atoms with E-state index in [-0.39, 0.29) is 31.8 Å². The fourth-order valence-electron chi connectivity index (χ4n) is 2.29. The first-order valence-electron chi connectivity index (χ1n) is 8.02. The molecule has 0 saturated carbocycles. The van der Waals surface area contributed by atoms with Crippen molar-refractivity contribution in [1.29, 1.82) is 0 Å². The molecular weight excluding hydrogens is 438 g/mol. The van der Waals surface area contributed by atoms with Crippen molar-refractivity contribution in [2.24, 2.45) is 0 Å². The zero-order valence-corrected chi connectivity index (χ0v) is 16.9. The van der Waals surface area contributed by atoms with E-state index in [1.807, 2.05) is 0 Å². The molecule has 0 radical (unpaired) electrons. The number of phenols is 1. The smallest absolute Gasteiger partial charge is 0.273 e. The van der Waals surface area contributed by atoms with E-state index in [9.17, 15) is 23.1 Å². The highest BCUT2D eigenvalue weighted by atomic mass is 35.5. The van der Waals surface area contributed by atoms with Gasteiger partial charge < -0.3 is 5.11 Å². The lowest BCUT2D eigenvalue weighted by atomic mass is 10.2. The summed E-state index contributed by atoms with van der Waals surface area (Å²) < 4.78 is 27.1. The van der Waals surface area contributed by atoms with Gasteiger partial charge in [-0.15, -0.1) is 11.3 Å². The Kier molecular flexibility index (Phi) is 6.06. The van der Waals surface area contributed by atoms with E-state index in [0.717, 1.165) is 11.3 Å². The molecule has 4 N–H and O–H groups in total. The molecule has 0 aliphatic rings. The number of hydrogen-bond acceptors (Lipinski definition) is 6. The third-order valence-corrected chi connectivity index (χ3v) is 6.64. The number of halogens is 1. The van der Waals surface area contributed by atoms with Crippen molar-refractivity contribution in [2.75, 3.05) is 4.72 Å². The van der Waals surface area contributed by atoms with Gasteiger partial charge in [0.15, 0.2) is 0 Å². The quantitative estimate of drug-likeness (QED) is 0.444. The van der Waals surface area contributed by atoms with Gasteiger partial charge in [-0.05, 0) is 47.8 Å². The molecule has 0 aliphatic heterocycles. The Bertz CT molecular complexity index is 1160. The molecule has 1 aromatic heterocycles. The summed E-state index contributed by atoms with van der Waals surface area (Å²) in [5.41, 5.74) is 4.53. The van der Waals surface area contributed by atoms with E-state index in [0.29, 0.717) is 0 Å². The van der Waals surface area contributed by atoms with Crippen molar-refractivity contribution in [3.8, 4) is 5.75 Å². The molecule has 2 amide bonds. The van der Waals surface area contributed by atoms with Gasteiger partial charge in [0.1, 0.15) is 9.96 Å². The molecule has 29 heavy (non-hydrogen) atoms. The van der Waals surface area contributed by atoms with Crippen LogP contribution in [0.2, 0.25) is 5.02 Å². The normalized spacial score (nSPS) is 10.9. The molecule has 150 valence electrons. The van der Waals surface area contributed by atoms with Crippen LogP contribution in [0.3, 0.4) is 0 Å². The summed E-state index contributed by atoms with van der Waals surface area (Å²) in [7, 11) is -3.76. The molecule has 0 bridgehead atoms. The van der Waals surface area contributed by atoms with Gasteiger partial charge in [0.25, 0.3) is 21.8 Å². The lowest BCUT2D eigenvalue weighted by Crippen LogP contribution is -2.41. The first-order chi connectivity index (χ1) is 13.8. The minimum atomic E-state index is -3.76. The number of phenolic OH excluding ortho intramolecular Hbond substituents is 1. The van der Waals surface area contributed by atoms with Crippen LogP contribution in [-0.2, 0) is 10.0 Å². The van der Waals surface area contributed by atoms with Gasteiger partial charge in [-0.2, -0.15) is 0 Å². The number of nitrogens with one attached hydrogen (secondary N) is 3. The lowest BCUT2D eigenvalue weighted by molar-refractivity contribution is 0.0845. The second-order valence-electron chi connectivity index (χ2n) is 5.69. The number of thiophene rings is 1. The van der Waals surface area contributed by atoms with Gasteiger partial charge >= 0.3 is 0 Å². The van der Waals surface area contributed by atoms with Crippen molar-refractivity contribution in [3.05, 3.63) is 76.1 Å². The summed E-state index contributed by atoms with van der Waals surface area (Å²) >= 11 is 6.86. The minimum absolute atomic E-state index is 0.104. The fraction of sp³-hybridized carbons (Fsp3) is 0. The highest BCUT2D eigenvalue weighted by molar-refractivity contribution is 7.94. The summed E-state index contributed by atoms with van der Waals surface area (Å²) in [4.78, 5) is 24.4. The average molecular weight is 452 g/mol. The predicted octanol–water partition coefficient (Wildman–Crippen LogP) is 2.98. The molecule has 1 heterocycles. The van der Waals surface area contributed by atoms with Crippen molar-refractivity contribution in [1.82, 2.24) is 10.9 Å². The van der Waals surface area contributed by atoms with Gasteiger partial charge in [0, 0.05) is 16.3 Å². The number of benzene rings is 2. The van der Waals surface area contributed by atoms with Crippen LogP contribution >= 0.6 is 22.9 Å². The summed E-state index contributed by atoms with van der Waals surface area (Å²) in [6, 6.07) is 12.7. The van der Waals surface area contributed by atoms with E-state index in [4.69, 9.17) is 11.6 Å². The molecule has 0 unspecified atom stereocenters. The second kappa shape index (κ2) is 8.52. The van der Waals surface area contributed by atoms with Crippen LogP contribution in [-0.4, -0.2) is 25.3 Å². The third-order valence-electron chi connectivity index (χ3n) is 3.63. The van der Waals surface area contributed by atoms with E-state index in [1.165, 1.54) is 48.5 Å². The van der Waals surface area contributed by atoms with Gasteiger partial charge in [-0.25, -0.2) is 8.42 Å². The van der Waals surface area contributed by atoms with E-state index in [1.54, 1.807) is 11.4 Å². The van der Waals surface area contributed by atoms with Crippen LogP contribution < -0.4 is 15.6 Å². The first-order valence-corrected chi connectivity index (χ1v) is 10.8. The van der Waals surface area contributed by atoms with Crippen LogP contribution in [0.15, 0.2) is 64.2 Å². The Labute approximate surface area is 175 Å². The van der Waals surface area contributed by atoms with E-state index >= 15 is 0 Å². The minimum Gasteiger partial charge on any atom is -0.507 e. The van der Waals surface area contributed by atoms with Crippen LogP contribution in [0.5, 0.6) is 5.75 Å². The van der Waals surface area contributed by atoms with Crippen LogP contribution in [0.1, 0.15) is 20.7 Å². The number of amides is 2. The Balaban J connectivity index is 1.68. The predicted molar refractivity (Wildman–Crippen MR) is 110 cm³/mol. The topological polar surface area (TPSA) is 125 Å². The van der Waals surface area contributed by atoms with Crippen molar-refractivity contribution < 1.29 is 23.1 Å². The summed E-state index contributed by atoms with van der Waals surface area (Å²) in [6.07, 6.45) is 0. The Hall–Kier alpha value is -3.08. The largest absolute Gasteiger partial charge is 0.507 e. The van der Waals surface area contributed by atoms with Crippen molar-refractivity contribution in [3.63, 3.8) is 0 Å². The third kappa shape index (κ3) is 5.05. The lowest BCUT2D eigenvalue weighted by Gasteiger charge is -2.10. The number of carbonyl (C=O) groups excluding carboxylic acids is 2. The van der Waals surface area contributed by atoms with Crippen LogP contribution in [0, 0.1) is 0 Å². The molecule has 3 rings (SSSR count). The molecule has 0 fully saturated rings. The molecule has 3 aromatic rings. The van der Waals surface area contributed by atoms with Crippen LogP contribution in [0.25, 0.3) is 0 Å². The van der Waals surface area contributed by atoms with Gasteiger partial charge in [-0.3, -0.25) is 25.2 Å². The number of carbonyl (C=O) groups is 2. The number of sulfonamides is 1. The fourth-order valence-corrected chi connectivity index (χ4v) is 4.50. The van der Waals surface area contributed by atoms with Gasteiger partial charge in [-0.1, -0.05) is 23.7 Å². The van der Waals surface area contributed by atoms with E-state index < -0.39 is 21.8 Å². The first kappa shape index (κ1) is 20.6. The standard InChI is InChI=1S/C18H14ClN3O5S2/c19-12-6-7-15(23)14(10-12)18(25)21-20-17(24)11-3-1-4-13(9-11)22-29(26,27)16-5-2-8-28-16/h1-10,22-23H,(H,20,24)(H,21,25). The number of anilines is 1. The molecule has 11 heteroatoms. The zero-order valence-electron chi connectivity index (χ0n) is 14.5. The highest BCUT2D eigenvalue weighted by Crippen LogP contribution is 2.22. The molecule has 2 aromatic carbocycles. The Morgan fingerprint density at radius 3 is 2.45 bits per heavy atom. The summed E-state index contributed by atoms with van der Waals surface area (Å²) in [5.74, 6) is -1.75. The number of rotatable bonds is 5. The van der Waals surface area contributed by atoms with Crippen molar-refractivity contribution in [2.45, 2.75) is 4.21 Å². The number of hydrazine groups is 1. The van der Waals surface area contributed by atoms with E-state index in [2.05, 4.69) is 15.6 Å². The zero-order chi connectivity index (χ0) is 21.0. The average Bonchev–Trinajstić information content (AvgIpc) is 3.23. The monoisotopic (exact) mass is 451 g/mol. The van der Waals surface area contributed by atoms with Gasteiger partial charge in [0.05, 0.1) is 5.56 Å². The van der Waals surface area contributed by atoms with Crippen molar-refractivity contribution >= 4 is 50.5 Å². The molecule has 0 atom stereocenters. The Morgan fingerprint density at radius 1 is 0.966 bits per heavy atom. The molecular formula is C18H14ClN3O5S2. The second-order valence-corrected chi connectivity index (χ2v) is 8.98. The van der Waals surface area contributed by atoms with Crippen LogP contribution in [0.4, 0.5) is 5.69 Å². The number of aromatic hydroxyl groups is 1. The molecule has 0 aliphatic carbocycles. The van der Waals surface area contributed by atoms with Gasteiger partial charge in [0.2, 0.25) is 0 Å². The highest BCUT2D eigenvalue weighted by Gasteiger charge is 2.17. The SMILES string of the molecule is O=C(NNC(=O)c1cc(Cl)ccc1O)c1cccc(NS(=O)(=O)c2cccs2)c1. The summed E-state index contributed by atoms with van der Waals surface area (Å²) in [5, 5.41) is 11.6.